The number of methoxy groups -OCH3 is 1. The van der Waals surface area contributed by atoms with Gasteiger partial charge in [-0.05, 0) is 68.8 Å². The van der Waals surface area contributed by atoms with E-state index in [4.69, 9.17) is 9.47 Å². The fourth-order valence-corrected chi connectivity index (χ4v) is 4.85. The summed E-state index contributed by atoms with van der Waals surface area (Å²) in [5.74, 6) is 0.0218. The fraction of sp³-hybridized carbons (Fsp3) is 0.409. The Morgan fingerprint density at radius 2 is 1.65 bits per heavy atom. The maximum atomic E-state index is 13.1. The number of hydrogen-bond acceptors (Lipinski definition) is 6. The standard InChI is InChI=1S/C22H28N2O6S/c1-16-15-19(9-10-20(16)30-22(2,3)21(25)26)31(27,28)24-13-11-23(12-14-24)17-5-7-18(29-4)8-6-17/h5-10,15H,11-14H2,1-4H3,(H,25,26). The van der Waals surface area contributed by atoms with Crippen LogP contribution in [0.15, 0.2) is 47.4 Å². The van der Waals surface area contributed by atoms with Crippen molar-refractivity contribution in [3.05, 3.63) is 48.0 Å². The van der Waals surface area contributed by atoms with Crippen LogP contribution in [0.3, 0.4) is 0 Å². The maximum Gasteiger partial charge on any atom is 0.347 e. The van der Waals surface area contributed by atoms with E-state index in [9.17, 15) is 18.3 Å². The number of aryl methyl sites for hydroxylation is 1. The zero-order valence-corrected chi connectivity index (χ0v) is 19.0. The summed E-state index contributed by atoms with van der Waals surface area (Å²) in [6.07, 6.45) is 0. The first-order valence-electron chi connectivity index (χ1n) is 9.97. The third-order valence-corrected chi connectivity index (χ3v) is 7.24. The molecule has 3 rings (SSSR count). The van der Waals surface area contributed by atoms with Crippen LogP contribution >= 0.6 is 0 Å². The van der Waals surface area contributed by atoms with Gasteiger partial charge in [-0.15, -0.1) is 0 Å². The molecule has 1 aliphatic rings. The molecule has 31 heavy (non-hydrogen) atoms. The van der Waals surface area contributed by atoms with Crippen LogP contribution in [0, 0.1) is 6.92 Å². The van der Waals surface area contributed by atoms with Crippen LogP contribution in [0.25, 0.3) is 0 Å². The topological polar surface area (TPSA) is 96.4 Å². The zero-order valence-electron chi connectivity index (χ0n) is 18.2. The Balaban J connectivity index is 1.70. The number of piperazine rings is 1. The van der Waals surface area contributed by atoms with Gasteiger partial charge in [0.2, 0.25) is 10.0 Å². The molecule has 0 unspecified atom stereocenters. The van der Waals surface area contributed by atoms with Gasteiger partial charge in [-0.3, -0.25) is 0 Å². The highest BCUT2D eigenvalue weighted by Gasteiger charge is 2.32. The number of carboxylic acids is 1. The number of sulfonamides is 1. The molecule has 2 aromatic rings. The van der Waals surface area contributed by atoms with Crippen molar-refractivity contribution in [3.63, 3.8) is 0 Å². The minimum absolute atomic E-state index is 0.170. The first-order valence-corrected chi connectivity index (χ1v) is 11.4. The van der Waals surface area contributed by atoms with Crippen LogP contribution in [-0.2, 0) is 14.8 Å². The van der Waals surface area contributed by atoms with E-state index in [0.717, 1.165) is 11.4 Å². The average molecular weight is 449 g/mol. The molecule has 0 amide bonds. The van der Waals surface area contributed by atoms with Crippen LogP contribution in [0.1, 0.15) is 19.4 Å². The largest absolute Gasteiger partial charge is 0.497 e. The molecule has 1 aliphatic heterocycles. The first-order chi connectivity index (χ1) is 14.5. The summed E-state index contributed by atoms with van der Waals surface area (Å²) in [5.41, 5.74) is 0.173. The number of aliphatic carboxylic acids is 1. The summed E-state index contributed by atoms with van der Waals surface area (Å²) in [5, 5.41) is 9.24. The van der Waals surface area contributed by atoms with Crippen LogP contribution in [0.5, 0.6) is 11.5 Å². The van der Waals surface area contributed by atoms with Gasteiger partial charge in [0.15, 0.2) is 5.60 Å². The van der Waals surface area contributed by atoms with E-state index in [-0.39, 0.29) is 4.90 Å². The zero-order chi connectivity index (χ0) is 22.8. The number of hydrogen-bond donors (Lipinski definition) is 1. The number of carbonyl (C=O) groups is 1. The number of rotatable bonds is 7. The van der Waals surface area contributed by atoms with Crippen LogP contribution in [0.2, 0.25) is 0 Å². The highest BCUT2D eigenvalue weighted by atomic mass is 32.2. The summed E-state index contributed by atoms with van der Waals surface area (Å²) in [6.45, 7) is 6.50. The molecule has 168 valence electrons. The van der Waals surface area contributed by atoms with Gasteiger partial charge < -0.3 is 19.5 Å². The second-order valence-electron chi connectivity index (χ2n) is 7.93. The minimum Gasteiger partial charge on any atom is -0.497 e. The van der Waals surface area contributed by atoms with Crippen molar-refractivity contribution in [1.29, 1.82) is 0 Å². The van der Waals surface area contributed by atoms with E-state index < -0.39 is 21.6 Å². The van der Waals surface area contributed by atoms with E-state index in [0.29, 0.717) is 37.5 Å². The summed E-state index contributed by atoms with van der Waals surface area (Å²) >= 11 is 0. The summed E-state index contributed by atoms with van der Waals surface area (Å²) < 4.78 is 38.5. The molecule has 1 fully saturated rings. The molecule has 1 saturated heterocycles. The van der Waals surface area contributed by atoms with Gasteiger partial charge in [0.05, 0.1) is 12.0 Å². The number of nitrogens with zero attached hydrogens (tertiary/aromatic N) is 2. The number of anilines is 1. The average Bonchev–Trinajstić information content (AvgIpc) is 2.75. The van der Waals surface area contributed by atoms with Crippen molar-refractivity contribution in [3.8, 4) is 11.5 Å². The Labute approximate surface area is 183 Å². The monoisotopic (exact) mass is 448 g/mol. The number of carboxylic acid groups (broad SMARTS) is 1. The Bertz CT molecular complexity index is 1040. The molecule has 9 heteroatoms. The van der Waals surface area contributed by atoms with Gasteiger partial charge in [0.25, 0.3) is 0 Å². The number of benzene rings is 2. The van der Waals surface area contributed by atoms with Gasteiger partial charge in [-0.2, -0.15) is 4.31 Å². The van der Waals surface area contributed by atoms with Crippen molar-refractivity contribution < 1.29 is 27.8 Å². The lowest BCUT2D eigenvalue weighted by molar-refractivity contribution is -0.152. The summed E-state index contributed by atoms with van der Waals surface area (Å²) in [6, 6.07) is 12.2. The smallest absolute Gasteiger partial charge is 0.347 e. The van der Waals surface area contributed by atoms with Crippen molar-refractivity contribution in [2.75, 3.05) is 38.2 Å². The van der Waals surface area contributed by atoms with E-state index in [1.165, 1.54) is 36.4 Å². The maximum absolute atomic E-state index is 13.1. The van der Waals surface area contributed by atoms with Crippen LogP contribution in [-0.4, -0.2) is 62.7 Å². The van der Waals surface area contributed by atoms with E-state index >= 15 is 0 Å². The lowest BCUT2D eigenvalue weighted by atomic mass is 10.1. The Kier molecular flexibility index (Phi) is 6.47. The van der Waals surface area contributed by atoms with Gasteiger partial charge in [0, 0.05) is 31.9 Å². The fourth-order valence-electron chi connectivity index (χ4n) is 3.34. The highest BCUT2D eigenvalue weighted by Crippen LogP contribution is 2.28. The number of ether oxygens (including phenoxy) is 2. The molecule has 1 heterocycles. The van der Waals surface area contributed by atoms with Crippen molar-refractivity contribution in [2.24, 2.45) is 0 Å². The van der Waals surface area contributed by atoms with Crippen LogP contribution in [0.4, 0.5) is 5.69 Å². The van der Waals surface area contributed by atoms with E-state index in [1.807, 2.05) is 24.3 Å². The first kappa shape index (κ1) is 22.9. The Morgan fingerprint density at radius 3 is 2.16 bits per heavy atom. The molecule has 0 bridgehead atoms. The third-order valence-electron chi connectivity index (χ3n) is 5.34. The van der Waals surface area contributed by atoms with E-state index in [1.54, 1.807) is 14.0 Å². The predicted octanol–water partition coefficient (Wildman–Crippen LogP) is 2.76. The molecule has 0 radical (unpaired) electrons. The molecule has 0 aromatic heterocycles. The summed E-state index contributed by atoms with van der Waals surface area (Å²) in [4.78, 5) is 13.6. The third kappa shape index (κ3) is 4.94. The lowest BCUT2D eigenvalue weighted by Gasteiger charge is -2.35. The molecular weight excluding hydrogens is 420 g/mol. The molecule has 0 saturated carbocycles. The minimum atomic E-state index is -3.66. The molecule has 2 aromatic carbocycles. The molecule has 1 N–H and O–H groups in total. The lowest BCUT2D eigenvalue weighted by Crippen LogP contribution is -2.48. The van der Waals surface area contributed by atoms with E-state index in [2.05, 4.69) is 4.90 Å². The second-order valence-corrected chi connectivity index (χ2v) is 9.87. The Hall–Kier alpha value is -2.78. The molecular formula is C22H28N2O6S. The summed E-state index contributed by atoms with van der Waals surface area (Å²) in [7, 11) is -2.05. The molecule has 0 spiro atoms. The SMILES string of the molecule is COc1ccc(N2CCN(S(=O)(=O)c3ccc(OC(C)(C)C(=O)O)c(C)c3)CC2)cc1. The quantitative estimate of drug-likeness (QED) is 0.696. The van der Waals surface area contributed by atoms with Crippen molar-refractivity contribution >= 4 is 21.7 Å². The molecule has 0 aliphatic carbocycles. The molecule has 8 nitrogen and oxygen atoms in total. The highest BCUT2D eigenvalue weighted by molar-refractivity contribution is 7.89. The predicted molar refractivity (Wildman–Crippen MR) is 117 cm³/mol. The van der Waals surface area contributed by atoms with Crippen molar-refractivity contribution in [1.82, 2.24) is 4.31 Å². The molecule has 0 atom stereocenters. The van der Waals surface area contributed by atoms with Crippen molar-refractivity contribution in [2.45, 2.75) is 31.3 Å². The van der Waals surface area contributed by atoms with Gasteiger partial charge >= 0.3 is 5.97 Å². The Morgan fingerprint density at radius 1 is 1.03 bits per heavy atom. The van der Waals surface area contributed by atoms with Gasteiger partial charge in [-0.1, -0.05) is 0 Å². The van der Waals surface area contributed by atoms with Gasteiger partial charge in [-0.25, -0.2) is 13.2 Å². The normalized spacial score (nSPS) is 15.5. The van der Waals surface area contributed by atoms with Crippen LogP contribution < -0.4 is 14.4 Å². The van der Waals surface area contributed by atoms with Gasteiger partial charge in [0.1, 0.15) is 11.5 Å². The second kappa shape index (κ2) is 8.76.